The van der Waals surface area contributed by atoms with Gasteiger partial charge in [0.25, 0.3) is 0 Å². The summed E-state index contributed by atoms with van der Waals surface area (Å²) < 4.78 is 0. The van der Waals surface area contributed by atoms with E-state index in [1.165, 1.54) is 37.9 Å². The Labute approximate surface area is 97.4 Å². The maximum Gasteiger partial charge on any atom is 0.0432 e. The van der Waals surface area contributed by atoms with Crippen LogP contribution >= 0.6 is 0 Å². The third kappa shape index (κ3) is 1.61. The highest BCUT2D eigenvalue weighted by molar-refractivity contribution is 5.65. The van der Waals surface area contributed by atoms with Crippen LogP contribution in [0.5, 0.6) is 0 Å². The van der Waals surface area contributed by atoms with Gasteiger partial charge in [-0.15, -0.1) is 0 Å². The fourth-order valence-corrected chi connectivity index (χ4v) is 3.12. The van der Waals surface area contributed by atoms with Crippen molar-refractivity contribution in [1.29, 1.82) is 0 Å². The normalized spacial score (nSPS) is 17.7. The lowest BCUT2D eigenvalue weighted by Crippen LogP contribution is -2.26. The number of aryl methyl sites for hydroxylation is 2. The van der Waals surface area contributed by atoms with Gasteiger partial charge in [0.15, 0.2) is 0 Å². The van der Waals surface area contributed by atoms with Crippen molar-refractivity contribution in [3.63, 3.8) is 0 Å². The van der Waals surface area contributed by atoms with Gasteiger partial charge in [0.05, 0.1) is 0 Å². The van der Waals surface area contributed by atoms with E-state index in [1.54, 1.807) is 16.8 Å². The SMILES string of the molecule is NCCCc1cc2c3c(c1)CCN3CCC2. The minimum Gasteiger partial charge on any atom is -0.371 e. The summed E-state index contributed by atoms with van der Waals surface area (Å²) in [6, 6.07) is 4.84. The van der Waals surface area contributed by atoms with Gasteiger partial charge in [-0.3, -0.25) is 0 Å². The number of nitrogens with two attached hydrogens (primary N) is 1. The molecule has 16 heavy (non-hydrogen) atoms. The lowest BCUT2D eigenvalue weighted by Gasteiger charge is -2.27. The van der Waals surface area contributed by atoms with Crippen molar-refractivity contribution in [1.82, 2.24) is 0 Å². The average Bonchev–Trinajstić information content (AvgIpc) is 2.72. The van der Waals surface area contributed by atoms with E-state index in [0.29, 0.717) is 0 Å². The highest BCUT2D eigenvalue weighted by Gasteiger charge is 2.25. The van der Waals surface area contributed by atoms with Crippen LogP contribution in [0.15, 0.2) is 12.1 Å². The molecule has 0 aliphatic carbocycles. The molecule has 2 heterocycles. The molecule has 0 radical (unpaired) electrons. The van der Waals surface area contributed by atoms with Crippen molar-refractivity contribution >= 4 is 5.69 Å². The van der Waals surface area contributed by atoms with Gasteiger partial charge in [-0.25, -0.2) is 0 Å². The van der Waals surface area contributed by atoms with E-state index in [-0.39, 0.29) is 0 Å². The van der Waals surface area contributed by atoms with Gasteiger partial charge in [0.1, 0.15) is 0 Å². The molecule has 0 saturated carbocycles. The zero-order valence-corrected chi connectivity index (χ0v) is 9.84. The van der Waals surface area contributed by atoms with Crippen LogP contribution in [0.1, 0.15) is 29.5 Å². The smallest absolute Gasteiger partial charge is 0.0432 e. The molecule has 0 unspecified atom stereocenters. The summed E-state index contributed by atoms with van der Waals surface area (Å²) in [7, 11) is 0. The van der Waals surface area contributed by atoms with E-state index in [9.17, 15) is 0 Å². The van der Waals surface area contributed by atoms with Gasteiger partial charge in [-0.2, -0.15) is 0 Å². The first-order valence-corrected chi connectivity index (χ1v) is 6.48. The Kier molecular flexibility index (Phi) is 2.60. The Balaban J connectivity index is 1.95. The summed E-state index contributed by atoms with van der Waals surface area (Å²) in [5, 5.41) is 0. The number of anilines is 1. The summed E-state index contributed by atoms with van der Waals surface area (Å²) in [4.78, 5) is 2.57. The van der Waals surface area contributed by atoms with Crippen molar-refractivity contribution in [3.8, 4) is 0 Å². The fraction of sp³-hybridized carbons (Fsp3) is 0.571. The maximum absolute atomic E-state index is 5.58. The standard InChI is InChI=1S/C14H20N2/c15-6-1-3-11-9-12-4-2-7-16-8-5-13(10-11)14(12)16/h9-10H,1-8,15H2. The van der Waals surface area contributed by atoms with Gasteiger partial charge < -0.3 is 10.6 Å². The van der Waals surface area contributed by atoms with E-state index in [4.69, 9.17) is 5.73 Å². The summed E-state index contributed by atoms with van der Waals surface area (Å²) in [6.07, 6.45) is 6.11. The Morgan fingerprint density at radius 1 is 1.12 bits per heavy atom. The molecule has 0 bridgehead atoms. The van der Waals surface area contributed by atoms with Gasteiger partial charge >= 0.3 is 0 Å². The molecule has 1 aromatic rings. The molecule has 0 saturated heterocycles. The predicted molar refractivity (Wildman–Crippen MR) is 68.1 cm³/mol. The van der Waals surface area contributed by atoms with E-state index >= 15 is 0 Å². The number of hydrogen-bond acceptors (Lipinski definition) is 2. The van der Waals surface area contributed by atoms with E-state index in [1.807, 2.05) is 0 Å². The molecule has 0 fully saturated rings. The Morgan fingerprint density at radius 3 is 2.75 bits per heavy atom. The van der Waals surface area contributed by atoms with Crippen LogP contribution < -0.4 is 10.6 Å². The first-order chi connectivity index (χ1) is 7.88. The van der Waals surface area contributed by atoms with Gasteiger partial charge in [0.2, 0.25) is 0 Å². The quantitative estimate of drug-likeness (QED) is 0.836. The number of benzene rings is 1. The zero-order valence-electron chi connectivity index (χ0n) is 9.84. The van der Waals surface area contributed by atoms with E-state index < -0.39 is 0 Å². The summed E-state index contributed by atoms with van der Waals surface area (Å²) in [6.45, 7) is 3.31. The third-order valence-corrected chi connectivity index (χ3v) is 3.84. The topological polar surface area (TPSA) is 29.3 Å². The van der Waals surface area contributed by atoms with Crippen LogP contribution in [0.2, 0.25) is 0 Å². The maximum atomic E-state index is 5.58. The summed E-state index contributed by atoms with van der Waals surface area (Å²) in [5.41, 5.74) is 11.8. The third-order valence-electron chi connectivity index (χ3n) is 3.84. The highest BCUT2D eigenvalue weighted by Crippen LogP contribution is 2.36. The van der Waals surface area contributed by atoms with Crippen molar-refractivity contribution in [2.75, 3.05) is 24.5 Å². The second-order valence-corrected chi connectivity index (χ2v) is 5.00. The number of rotatable bonds is 3. The second-order valence-electron chi connectivity index (χ2n) is 5.00. The van der Waals surface area contributed by atoms with Crippen LogP contribution in [0.3, 0.4) is 0 Å². The molecule has 0 aromatic heterocycles. The van der Waals surface area contributed by atoms with Crippen molar-refractivity contribution in [2.24, 2.45) is 5.73 Å². The van der Waals surface area contributed by atoms with E-state index in [2.05, 4.69) is 17.0 Å². The molecule has 0 spiro atoms. The molecule has 2 aliphatic heterocycles. The Hall–Kier alpha value is -1.02. The largest absolute Gasteiger partial charge is 0.371 e. The van der Waals surface area contributed by atoms with Gasteiger partial charge in [-0.1, -0.05) is 12.1 Å². The second kappa shape index (κ2) is 4.10. The molecule has 2 aliphatic rings. The monoisotopic (exact) mass is 216 g/mol. The molecule has 86 valence electrons. The van der Waals surface area contributed by atoms with Crippen LogP contribution in [0.4, 0.5) is 5.69 Å². The summed E-state index contributed by atoms with van der Waals surface area (Å²) in [5.74, 6) is 0. The highest BCUT2D eigenvalue weighted by atomic mass is 15.2. The van der Waals surface area contributed by atoms with Crippen LogP contribution in [0.25, 0.3) is 0 Å². The zero-order chi connectivity index (χ0) is 11.0. The minimum atomic E-state index is 0.804. The molecule has 1 aromatic carbocycles. The molecule has 2 N–H and O–H groups in total. The molecular weight excluding hydrogens is 196 g/mol. The van der Waals surface area contributed by atoms with Crippen LogP contribution in [0, 0.1) is 0 Å². The predicted octanol–water partition coefficient (Wildman–Crippen LogP) is 1.89. The van der Waals surface area contributed by atoms with Gasteiger partial charge in [0, 0.05) is 18.8 Å². The Bertz CT molecular complexity index is 398. The number of nitrogens with zero attached hydrogens (tertiary/aromatic N) is 1. The van der Waals surface area contributed by atoms with Gasteiger partial charge in [-0.05, 0) is 55.3 Å². The first kappa shape index (κ1) is 10.2. The molecule has 0 amide bonds. The van der Waals surface area contributed by atoms with Crippen molar-refractivity contribution < 1.29 is 0 Å². The molecule has 3 rings (SSSR count). The number of hydrogen-bond donors (Lipinski definition) is 1. The van der Waals surface area contributed by atoms with Crippen molar-refractivity contribution in [3.05, 3.63) is 28.8 Å². The molecular formula is C14H20N2. The Morgan fingerprint density at radius 2 is 1.94 bits per heavy atom. The molecule has 2 nitrogen and oxygen atoms in total. The molecule has 2 heteroatoms. The lowest BCUT2D eigenvalue weighted by molar-refractivity contribution is 0.718. The fourth-order valence-electron chi connectivity index (χ4n) is 3.12. The lowest BCUT2D eigenvalue weighted by atomic mass is 9.95. The van der Waals surface area contributed by atoms with Crippen LogP contribution in [-0.2, 0) is 19.3 Å². The van der Waals surface area contributed by atoms with Crippen molar-refractivity contribution in [2.45, 2.75) is 32.1 Å². The summed E-state index contributed by atoms with van der Waals surface area (Å²) >= 11 is 0. The average molecular weight is 216 g/mol. The minimum absolute atomic E-state index is 0.804. The molecule has 0 atom stereocenters. The van der Waals surface area contributed by atoms with E-state index in [0.717, 1.165) is 19.4 Å². The first-order valence-electron chi connectivity index (χ1n) is 6.48. The van der Waals surface area contributed by atoms with Crippen LogP contribution in [-0.4, -0.2) is 19.6 Å².